The molecule has 3 aromatic carbocycles. The molecular formula is C24H21N3O2S. The molecule has 0 saturated carbocycles. The Kier molecular flexibility index (Phi) is 5.50. The van der Waals surface area contributed by atoms with Gasteiger partial charge >= 0.3 is 0 Å². The number of nitrogen functional groups attached to an aromatic ring is 1. The molecule has 0 fully saturated rings. The fraction of sp³-hybridized carbons (Fsp3) is 0.0833. The quantitative estimate of drug-likeness (QED) is 0.294. The first-order valence-electron chi connectivity index (χ1n) is 9.45. The maximum absolute atomic E-state index is 12.4. The van der Waals surface area contributed by atoms with Gasteiger partial charge in [0.05, 0.1) is 4.88 Å². The van der Waals surface area contributed by atoms with Crippen LogP contribution in [0.4, 0.5) is 5.69 Å². The molecule has 0 atom stereocenters. The van der Waals surface area contributed by atoms with E-state index in [1.54, 1.807) is 6.07 Å². The van der Waals surface area contributed by atoms with Gasteiger partial charge in [-0.1, -0.05) is 36.4 Å². The van der Waals surface area contributed by atoms with Crippen molar-refractivity contribution in [2.75, 3.05) is 5.32 Å². The van der Waals surface area contributed by atoms with Crippen LogP contribution in [0, 0.1) is 12.3 Å². The van der Waals surface area contributed by atoms with E-state index in [1.165, 1.54) is 11.3 Å². The van der Waals surface area contributed by atoms with Gasteiger partial charge in [0.1, 0.15) is 18.2 Å². The van der Waals surface area contributed by atoms with Gasteiger partial charge in [0.15, 0.2) is 0 Å². The fourth-order valence-electron chi connectivity index (χ4n) is 3.21. The number of carbonyl (C=O) groups is 1. The van der Waals surface area contributed by atoms with Gasteiger partial charge in [0.25, 0.3) is 5.91 Å². The second-order valence-corrected chi connectivity index (χ2v) is 7.89. The predicted octanol–water partition coefficient (Wildman–Crippen LogP) is 5.33. The van der Waals surface area contributed by atoms with Crippen LogP contribution in [-0.4, -0.2) is 11.7 Å². The first kappa shape index (κ1) is 19.7. The zero-order chi connectivity index (χ0) is 21.1. The molecule has 30 heavy (non-hydrogen) atoms. The highest BCUT2D eigenvalue weighted by molar-refractivity contribution is 7.12. The van der Waals surface area contributed by atoms with Crippen LogP contribution in [-0.2, 0) is 6.61 Å². The van der Waals surface area contributed by atoms with Crippen LogP contribution in [0.15, 0.2) is 72.1 Å². The van der Waals surface area contributed by atoms with Crippen molar-refractivity contribution in [2.24, 2.45) is 5.73 Å². The Morgan fingerprint density at radius 2 is 1.87 bits per heavy atom. The fourth-order valence-corrected chi connectivity index (χ4v) is 3.83. The number of hydrogen-bond donors (Lipinski definition) is 3. The predicted molar refractivity (Wildman–Crippen MR) is 123 cm³/mol. The first-order chi connectivity index (χ1) is 14.5. The molecule has 0 saturated heterocycles. The lowest BCUT2D eigenvalue weighted by Gasteiger charge is -2.13. The van der Waals surface area contributed by atoms with E-state index < -0.39 is 0 Å². The maximum atomic E-state index is 12.4. The van der Waals surface area contributed by atoms with Crippen molar-refractivity contribution in [1.82, 2.24) is 0 Å². The molecule has 0 aliphatic carbocycles. The number of fused-ring (bicyclic) bond motifs is 1. The minimum atomic E-state index is -0.106. The van der Waals surface area contributed by atoms with Crippen LogP contribution in [0.25, 0.3) is 10.8 Å². The van der Waals surface area contributed by atoms with E-state index in [4.69, 9.17) is 15.9 Å². The van der Waals surface area contributed by atoms with E-state index >= 15 is 0 Å². The average Bonchev–Trinajstić information content (AvgIpc) is 3.29. The van der Waals surface area contributed by atoms with Gasteiger partial charge in [-0.05, 0) is 64.5 Å². The number of thiophene rings is 1. The number of nitrogens with one attached hydrogen (secondary N) is 2. The lowest BCUT2D eigenvalue weighted by Crippen LogP contribution is -2.12. The summed E-state index contributed by atoms with van der Waals surface area (Å²) < 4.78 is 6.01. The first-order valence-corrected chi connectivity index (χ1v) is 10.3. The van der Waals surface area contributed by atoms with Gasteiger partial charge < -0.3 is 15.8 Å². The number of anilines is 1. The number of carbonyl (C=O) groups excluding carboxylic acids is 1. The van der Waals surface area contributed by atoms with Crippen LogP contribution in [0.2, 0.25) is 0 Å². The summed E-state index contributed by atoms with van der Waals surface area (Å²) in [6.45, 7) is 2.37. The van der Waals surface area contributed by atoms with Crippen LogP contribution in [0.5, 0.6) is 5.75 Å². The number of benzene rings is 3. The Hall–Kier alpha value is -3.64. The largest absolute Gasteiger partial charge is 0.489 e. The molecule has 1 heterocycles. The monoisotopic (exact) mass is 415 g/mol. The number of amidine groups is 1. The highest BCUT2D eigenvalue weighted by Crippen LogP contribution is 2.25. The molecule has 0 bridgehead atoms. The van der Waals surface area contributed by atoms with Crippen LogP contribution in [0.3, 0.4) is 0 Å². The van der Waals surface area contributed by atoms with Gasteiger partial charge in [-0.3, -0.25) is 10.2 Å². The van der Waals surface area contributed by atoms with Crippen molar-refractivity contribution in [2.45, 2.75) is 13.5 Å². The van der Waals surface area contributed by atoms with Gasteiger partial charge in [-0.25, -0.2) is 0 Å². The summed E-state index contributed by atoms with van der Waals surface area (Å²) in [7, 11) is 0. The number of hydrogen-bond acceptors (Lipinski definition) is 4. The molecule has 5 nitrogen and oxygen atoms in total. The van der Waals surface area contributed by atoms with Crippen LogP contribution in [0.1, 0.15) is 26.4 Å². The second-order valence-electron chi connectivity index (χ2n) is 6.95. The zero-order valence-corrected chi connectivity index (χ0v) is 17.3. The molecule has 4 rings (SSSR count). The molecular weight excluding hydrogens is 394 g/mol. The number of nitrogens with two attached hydrogens (primary N) is 1. The van der Waals surface area contributed by atoms with E-state index in [-0.39, 0.29) is 11.7 Å². The topological polar surface area (TPSA) is 88.2 Å². The molecule has 0 aliphatic heterocycles. The normalized spacial score (nSPS) is 10.7. The van der Waals surface area contributed by atoms with Crippen molar-refractivity contribution in [1.29, 1.82) is 5.41 Å². The zero-order valence-electron chi connectivity index (χ0n) is 16.4. The van der Waals surface area contributed by atoms with E-state index in [0.717, 1.165) is 33.3 Å². The van der Waals surface area contributed by atoms with Crippen molar-refractivity contribution < 1.29 is 9.53 Å². The molecule has 150 valence electrons. The Morgan fingerprint density at radius 3 is 2.63 bits per heavy atom. The van der Waals surface area contributed by atoms with E-state index in [0.29, 0.717) is 17.0 Å². The van der Waals surface area contributed by atoms with E-state index in [9.17, 15) is 4.79 Å². The third kappa shape index (κ3) is 4.18. The van der Waals surface area contributed by atoms with Gasteiger partial charge in [-0.15, -0.1) is 11.3 Å². The van der Waals surface area contributed by atoms with Gasteiger partial charge in [-0.2, -0.15) is 0 Å². The summed E-state index contributed by atoms with van der Waals surface area (Å²) in [4.78, 5) is 13.0. The molecule has 0 radical (unpaired) electrons. The molecule has 0 spiro atoms. The summed E-state index contributed by atoms with van der Waals surface area (Å²) in [5.74, 6) is 0.704. The summed E-state index contributed by atoms with van der Waals surface area (Å²) in [6, 6.07) is 21.0. The molecule has 4 N–H and O–H groups in total. The maximum Gasteiger partial charge on any atom is 0.265 e. The Labute approximate surface area is 178 Å². The average molecular weight is 416 g/mol. The van der Waals surface area contributed by atoms with Crippen molar-refractivity contribution in [3.63, 3.8) is 0 Å². The molecule has 4 aromatic rings. The Bertz CT molecular complexity index is 1230. The van der Waals surface area contributed by atoms with Crippen molar-refractivity contribution in [3.8, 4) is 5.75 Å². The standard InChI is InChI=1S/C24H21N3O2S/c1-15-19(4-2-5-21(15)27-24(28)22-6-3-11-30-22)14-29-20-10-9-16-12-18(23(25)26)8-7-17(16)13-20/h2-13H,14H2,1H3,(H3,25,26)(H,27,28). The van der Waals surface area contributed by atoms with E-state index in [1.807, 2.05) is 73.0 Å². The summed E-state index contributed by atoms with van der Waals surface area (Å²) >= 11 is 1.42. The highest BCUT2D eigenvalue weighted by atomic mass is 32.1. The third-order valence-electron chi connectivity index (χ3n) is 4.96. The smallest absolute Gasteiger partial charge is 0.265 e. The lowest BCUT2D eigenvalue weighted by molar-refractivity contribution is 0.103. The second kappa shape index (κ2) is 8.39. The SMILES string of the molecule is Cc1c(COc2ccc3cc(C(=N)N)ccc3c2)cccc1NC(=O)c1cccs1. The van der Waals surface area contributed by atoms with Gasteiger partial charge in [0, 0.05) is 11.3 Å². The number of amides is 1. The molecule has 1 amide bonds. The number of ether oxygens (including phenoxy) is 1. The molecule has 0 unspecified atom stereocenters. The van der Waals surface area contributed by atoms with Gasteiger partial charge in [0.2, 0.25) is 0 Å². The minimum Gasteiger partial charge on any atom is -0.489 e. The highest BCUT2D eigenvalue weighted by Gasteiger charge is 2.11. The van der Waals surface area contributed by atoms with E-state index in [2.05, 4.69) is 5.32 Å². The van der Waals surface area contributed by atoms with Crippen LogP contribution < -0.4 is 15.8 Å². The third-order valence-corrected chi connectivity index (χ3v) is 5.82. The Balaban J connectivity index is 1.49. The van der Waals surface area contributed by atoms with Crippen molar-refractivity contribution >= 4 is 39.5 Å². The molecule has 1 aromatic heterocycles. The molecule has 0 aliphatic rings. The Morgan fingerprint density at radius 1 is 1.07 bits per heavy atom. The summed E-state index contributed by atoms with van der Waals surface area (Å²) in [6.07, 6.45) is 0. The summed E-state index contributed by atoms with van der Waals surface area (Å²) in [5, 5.41) is 14.4. The minimum absolute atomic E-state index is 0.0544. The lowest BCUT2D eigenvalue weighted by atomic mass is 10.1. The summed E-state index contributed by atoms with van der Waals surface area (Å²) in [5.41, 5.74) is 9.03. The number of rotatable bonds is 6. The van der Waals surface area contributed by atoms with Crippen molar-refractivity contribution in [3.05, 3.63) is 93.7 Å². The molecule has 6 heteroatoms. The van der Waals surface area contributed by atoms with Crippen LogP contribution >= 0.6 is 11.3 Å².